The van der Waals surface area contributed by atoms with E-state index in [2.05, 4.69) is 10.2 Å². The topological polar surface area (TPSA) is 50.8 Å². The zero-order valence-electron chi connectivity index (χ0n) is 15.6. The Morgan fingerprint density at radius 1 is 1.15 bits per heavy atom. The fourth-order valence-corrected chi connectivity index (χ4v) is 2.66. The molecule has 0 fully saturated rings. The van der Waals surface area contributed by atoms with Crippen LogP contribution in [0.25, 0.3) is 0 Å². The zero-order chi connectivity index (χ0) is 19.1. The second-order valence-corrected chi connectivity index (χ2v) is 6.66. The van der Waals surface area contributed by atoms with Crippen LogP contribution in [0.1, 0.15) is 17.2 Å². The molecule has 0 radical (unpaired) electrons. The van der Waals surface area contributed by atoms with Gasteiger partial charge < -0.3 is 19.7 Å². The van der Waals surface area contributed by atoms with Crippen molar-refractivity contribution in [1.29, 1.82) is 0 Å². The second kappa shape index (κ2) is 9.46. The minimum absolute atomic E-state index is 0.0379. The van der Waals surface area contributed by atoms with Gasteiger partial charge in [0, 0.05) is 11.6 Å². The third-order valence-electron chi connectivity index (χ3n) is 4.12. The van der Waals surface area contributed by atoms with Gasteiger partial charge in [0.25, 0.3) is 5.91 Å². The lowest BCUT2D eigenvalue weighted by molar-refractivity contribution is -0.123. The molecule has 0 heterocycles. The molecule has 0 saturated carbocycles. The first-order valence-corrected chi connectivity index (χ1v) is 8.74. The molecule has 1 N–H and O–H groups in total. The Balaban J connectivity index is 1.89. The lowest BCUT2D eigenvalue weighted by Crippen LogP contribution is -2.36. The Morgan fingerprint density at radius 3 is 2.38 bits per heavy atom. The van der Waals surface area contributed by atoms with Crippen LogP contribution in [0.5, 0.6) is 11.5 Å². The first kappa shape index (κ1) is 20.1. The van der Waals surface area contributed by atoms with Crippen molar-refractivity contribution in [3.63, 3.8) is 0 Å². The molecule has 2 aromatic carbocycles. The molecule has 2 aromatic rings. The fourth-order valence-electron chi connectivity index (χ4n) is 2.54. The molecule has 0 bridgehead atoms. The number of hydrogen-bond acceptors (Lipinski definition) is 4. The number of rotatable bonds is 8. The summed E-state index contributed by atoms with van der Waals surface area (Å²) in [6, 6.07) is 13.2. The molecule has 5 nitrogen and oxygen atoms in total. The summed E-state index contributed by atoms with van der Waals surface area (Å²) < 4.78 is 10.7. The summed E-state index contributed by atoms with van der Waals surface area (Å²) in [6.45, 7) is 2.34. The van der Waals surface area contributed by atoms with E-state index < -0.39 is 0 Å². The highest BCUT2D eigenvalue weighted by Gasteiger charge is 2.15. The first-order valence-electron chi connectivity index (χ1n) is 8.36. The third-order valence-corrected chi connectivity index (χ3v) is 4.54. The number of benzene rings is 2. The number of carbonyl (C=O) groups is 1. The van der Waals surface area contributed by atoms with Crippen LogP contribution in [0.4, 0.5) is 0 Å². The molecule has 6 heteroatoms. The number of hydrogen-bond donors (Lipinski definition) is 1. The molecular weight excluding hydrogens is 352 g/mol. The van der Waals surface area contributed by atoms with Crippen LogP contribution in [-0.2, 0) is 4.79 Å². The zero-order valence-corrected chi connectivity index (χ0v) is 16.3. The number of amides is 1. The molecule has 0 spiro atoms. The monoisotopic (exact) mass is 376 g/mol. The summed E-state index contributed by atoms with van der Waals surface area (Å²) in [5.41, 5.74) is 2.02. The van der Waals surface area contributed by atoms with Crippen LogP contribution in [-0.4, -0.2) is 45.2 Å². The van der Waals surface area contributed by atoms with E-state index in [1.54, 1.807) is 19.2 Å². The number of likely N-dealkylation sites (N-methyl/N-ethyl adjacent to an activating group) is 1. The van der Waals surface area contributed by atoms with Gasteiger partial charge in [0.1, 0.15) is 11.5 Å². The molecule has 1 unspecified atom stereocenters. The van der Waals surface area contributed by atoms with Crippen LogP contribution >= 0.6 is 11.6 Å². The Hall–Kier alpha value is -2.24. The average Bonchev–Trinajstić information content (AvgIpc) is 2.63. The van der Waals surface area contributed by atoms with Gasteiger partial charge in [-0.25, -0.2) is 0 Å². The van der Waals surface area contributed by atoms with Crippen LogP contribution < -0.4 is 14.8 Å². The van der Waals surface area contributed by atoms with E-state index in [0.29, 0.717) is 17.3 Å². The Bertz CT molecular complexity index is 732. The van der Waals surface area contributed by atoms with Crippen molar-refractivity contribution in [3.8, 4) is 11.5 Å². The molecule has 0 saturated heterocycles. The lowest BCUT2D eigenvalue weighted by atomic mass is 10.1. The van der Waals surface area contributed by atoms with Crippen molar-refractivity contribution < 1.29 is 14.3 Å². The summed E-state index contributed by atoms with van der Waals surface area (Å²) in [5.74, 6) is 1.27. The Morgan fingerprint density at radius 2 is 1.81 bits per heavy atom. The normalized spacial score (nSPS) is 11.9. The molecule has 0 aliphatic rings. The predicted molar refractivity (Wildman–Crippen MR) is 104 cm³/mol. The largest absolute Gasteiger partial charge is 0.497 e. The van der Waals surface area contributed by atoms with E-state index in [1.165, 1.54) is 0 Å². The number of carbonyl (C=O) groups excluding carboxylic acids is 1. The summed E-state index contributed by atoms with van der Waals surface area (Å²) in [5, 5.41) is 3.60. The summed E-state index contributed by atoms with van der Waals surface area (Å²) >= 11 is 5.99. The van der Waals surface area contributed by atoms with Gasteiger partial charge in [-0.15, -0.1) is 0 Å². The van der Waals surface area contributed by atoms with Crippen molar-refractivity contribution in [1.82, 2.24) is 10.2 Å². The van der Waals surface area contributed by atoms with E-state index in [4.69, 9.17) is 21.1 Å². The maximum atomic E-state index is 12.1. The van der Waals surface area contributed by atoms with Gasteiger partial charge in [-0.1, -0.05) is 23.7 Å². The van der Waals surface area contributed by atoms with Crippen molar-refractivity contribution in [2.45, 2.75) is 13.0 Å². The van der Waals surface area contributed by atoms with E-state index in [-0.39, 0.29) is 18.6 Å². The molecule has 0 aliphatic heterocycles. The van der Waals surface area contributed by atoms with E-state index in [9.17, 15) is 4.79 Å². The highest BCUT2D eigenvalue weighted by Crippen LogP contribution is 2.22. The van der Waals surface area contributed by atoms with Gasteiger partial charge in [0.05, 0.1) is 13.2 Å². The second-order valence-electron chi connectivity index (χ2n) is 6.26. The van der Waals surface area contributed by atoms with Gasteiger partial charge in [0.2, 0.25) is 0 Å². The van der Waals surface area contributed by atoms with Gasteiger partial charge >= 0.3 is 0 Å². The number of nitrogens with one attached hydrogen (secondary N) is 1. The fraction of sp³-hybridized carbons (Fsp3) is 0.350. The summed E-state index contributed by atoms with van der Waals surface area (Å²) in [7, 11) is 5.60. The minimum Gasteiger partial charge on any atom is -0.497 e. The Labute approximate surface area is 159 Å². The van der Waals surface area contributed by atoms with Crippen molar-refractivity contribution in [3.05, 3.63) is 58.6 Å². The minimum atomic E-state index is -0.169. The smallest absolute Gasteiger partial charge is 0.258 e. The lowest BCUT2D eigenvalue weighted by Gasteiger charge is -2.25. The number of methoxy groups -OCH3 is 1. The van der Waals surface area contributed by atoms with Crippen LogP contribution in [0.2, 0.25) is 5.02 Å². The molecule has 0 aromatic heterocycles. The molecule has 26 heavy (non-hydrogen) atoms. The molecule has 1 atom stereocenters. The van der Waals surface area contributed by atoms with Crippen molar-refractivity contribution in [2.24, 2.45) is 0 Å². The maximum Gasteiger partial charge on any atom is 0.258 e. The number of ether oxygens (including phenoxy) is 2. The van der Waals surface area contributed by atoms with Crippen LogP contribution in [0.15, 0.2) is 42.5 Å². The van der Waals surface area contributed by atoms with Crippen LogP contribution in [0, 0.1) is 6.92 Å². The van der Waals surface area contributed by atoms with Gasteiger partial charge in [0.15, 0.2) is 6.61 Å². The van der Waals surface area contributed by atoms with Crippen molar-refractivity contribution in [2.75, 3.05) is 34.4 Å². The van der Waals surface area contributed by atoms with Gasteiger partial charge in [-0.3, -0.25) is 4.79 Å². The number of nitrogens with zero attached hydrogens (tertiary/aromatic N) is 1. The molecule has 1 amide bonds. The summed E-state index contributed by atoms with van der Waals surface area (Å²) in [4.78, 5) is 14.2. The van der Waals surface area contributed by atoms with E-state index in [0.717, 1.165) is 16.9 Å². The van der Waals surface area contributed by atoms with E-state index in [1.807, 2.05) is 51.4 Å². The average molecular weight is 377 g/mol. The maximum absolute atomic E-state index is 12.1. The van der Waals surface area contributed by atoms with Crippen LogP contribution in [0.3, 0.4) is 0 Å². The number of halogens is 1. The predicted octanol–water partition coefficient (Wildman–Crippen LogP) is 3.45. The number of aryl methyl sites for hydroxylation is 1. The first-order chi connectivity index (χ1) is 12.4. The SMILES string of the molecule is COc1ccc(C(CNC(=O)COc2ccc(Cl)c(C)c2)N(C)C)cc1. The molecule has 2 rings (SSSR count). The Kier molecular flexibility index (Phi) is 7.30. The van der Waals surface area contributed by atoms with Crippen molar-refractivity contribution >= 4 is 17.5 Å². The highest BCUT2D eigenvalue weighted by atomic mass is 35.5. The molecule has 140 valence electrons. The highest BCUT2D eigenvalue weighted by molar-refractivity contribution is 6.31. The quantitative estimate of drug-likeness (QED) is 0.766. The standard InChI is InChI=1S/C20H25ClN2O3/c1-14-11-17(9-10-18(14)21)26-13-20(24)22-12-19(23(2)3)15-5-7-16(25-4)8-6-15/h5-11,19H,12-13H2,1-4H3,(H,22,24). The summed E-state index contributed by atoms with van der Waals surface area (Å²) in [6.07, 6.45) is 0. The van der Waals surface area contributed by atoms with E-state index >= 15 is 0 Å². The molecular formula is C20H25ClN2O3. The van der Waals surface area contributed by atoms with Gasteiger partial charge in [-0.05, 0) is 62.5 Å². The van der Waals surface area contributed by atoms with Gasteiger partial charge in [-0.2, -0.15) is 0 Å². The molecule has 0 aliphatic carbocycles. The third kappa shape index (κ3) is 5.64.